The van der Waals surface area contributed by atoms with Gasteiger partial charge < -0.3 is 4.74 Å². The second-order valence-corrected chi connectivity index (χ2v) is 5.27. The van der Waals surface area contributed by atoms with E-state index in [0.717, 1.165) is 51.9 Å². The van der Waals surface area contributed by atoms with Crippen molar-refractivity contribution >= 4 is 5.97 Å². The molecule has 114 valence electrons. The zero-order chi connectivity index (χ0) is 14.6. The van der Waals surface area contributed by atoms with Gasteiger partial charge in [-0.1, -0.05) is 39.0 Å². The SMILES string of the molecule is CCCCOC(=O)CCCCCCCCC(C)(F)F. The maximum Gasteiger partial charge on any atom is 0.305 e. The van der Waals surface area contributed by atoms with Gasteiger partial charge in [0.2, 0.25) is 5.92 Å². The van der Waals surface area contributed by atoms with Crippen LogP contribution in [0.2, 0.25) is 0 Å². The highest BCUT2D eigenvalue weighted by atomic mass is 19.3. The van der Waals surface area contributed by atoms with E-state index in [4.69, 9.17) is 4.74 Å². The number of alkyl halides is 2. The first kappa shape index (κ1) is 18.3. The smallest absolute Gasteiger partial charge is 0.305 e. The van der Waals surface area contributed by atoms with E-state index >= 15 is 0 Å². The lowest BCUT2D eigenvalue weighted by molar-refractivity contribution is -0.143. The second-order valence-electron chi connectivity index (χ2n) is 5.27. The molecule has 0 saturated carbocycles. The topological polar surface area (TPSA) is 26.3 Å². The van der Waals surface area contributed by atoms with Crippen LogP contribution in [0.15, 0.2) is 0 Å². The van der Waals surface area contributed by atoms with Crippen molar-refractivity contribution in [3.05, 3.63) is 0 Å². The van der Waals surface area contributed by atoms with Crippen molar-refractivity contribution in [2.45, 2.75) is 84.0 Å². The number of unbranched alkanes of at least 4 members (excludes halogenated alkanes) is 6. The van der Waals surface area contributed by atoms with Crippen LogP contribution in [-0.2, 0) is 9.53 Å². The normalized spacial score (nSPS) is 11.6. The highest BCUT2D eigenvalue weighted by Crippen LogP contribution is 2.20. The minimum Gasteiger partial charge on any atom is -0.466 e. The van der Waals surface area contributed by atoms with Crippen LogP contribution in [0.1, 0.15) is 78.1 Å². The first-order valence-electron chi connectivity index (χ1n) is 7.49. The molecule has 4 heteroatoms. The molecule has 0 saturated heterocycles. The Bertz CT molecular complexity index is 225. The molecule has 0 aliphatic carbocycles. The van der Waals surface area contributed by atoms with Crippen LogP contribution >= 0.6 is 0 Å². The quantitative estimate of drug-likeness (QED) is 0.366. The third-order valence-corrected chi connectivity index (χ3v) is 3.01. The molecule has 0 aliphatic heterocycles. The summed E-state index contributed by atoms with van der Waals surface area (Å²) in [6.07, 6.45) is 7.66. The monoisotopic (exact) mass is 278 g/mol. The standard InChI is InChI=1S/C15H28F2O2/c1-3-4-13-19-14(18)11-9-7-5-6-8-10-12-15(2,16)17/h3-13H2,1-2H3. The van der Waals surface area contributed by atoms with Gasteiger partial charge in [-0.3, -0.25) is 4.79 Å². The minimum atomic E-state index is -2.53. The van der Waals surface area contributed by atoms with Crippen molar-refractivity contribution < 1.29 is 18.3 Å². The van der Waals surface area contributed by atoms with Gasteiger partial charge in [-0.15, -0.1) is 0 Å². The van der Waals surface area contributed by atoms with E-state index in [-0.39, 0.29) is 12.4 Å². The summed E-state index contributed by atoms with van der Waals surface area (Å²) in [4.78, 5) is 11.3. The molecule has 0 bridgehead atoms. The number of halogens is 2. The molecule has 0 fully saturated rings. The predicted molar refractivity (Wildman–Crippen MR) is 73.4 cm³/mol. The molecular weight excluding hydrogens is 250 g/mol. The Morgan fingerprint density at radius 2 is 1.58 bits per heavy atom. The fourth-order valence-corrected chi connectivity index (χ4v) is 1.81. The predicted octanol–water partition coefficient (Wildman–Crippen LogP) is 5.11. The van der Waals surface area contributed by atoms with E-state index in [2.05, 4.69) is 6.92 Å². The highest BCUT2D eigenvalue weighted by Gasteiger charge is 2.19. The van der Waals surface area contributed by atoms with Crippen LogP contribution in [-0.4, -0.2) is 18.5 Å². The van der Waals surface area contributed by atoms with Crippen LogP contribution in [0.4, 0.5) is 8.78 Å². The fraction of sp³-hybridized carbons (Fsp3) is 0.933. The molecule has 0 spiro atoms. The van der Waals surface area contributed by atoms with Crippen LogP contribution in [0.25, 0.3) is 0 Å². The van der Waals surface area contributed by atoms with Gasteiger partial charge in [0, 0.05) is 12.8 Å². The van der Waals surface area contributed by atoms with E-state index in [0.29, 0.717) is 19.4 Å². The molecule has 0 aliphatic rings. The maximum absolute atomic E-state index is 12.5. The first-order valence-corrected chi connectivity index (χ1v) is 7.49. The number of esters is 1. The summed E-state index contributed by atoms with van der Waals surface area (Å²) >= 11 is 0. The van der Waals surface area contributed by atoms with Crippen molar-refractivity contribution in [1.29, 1.82) is 0 Å². The second kappa shape index (κ2) is 11.2. The number of hydrogen-bond donors (Lipinski definition) is 0. The third kappa shape index (κ3) is 15.3. The highest BCUT2D eigenvalue weighted by molar-refractivity contribution is 5.69. The molecule has 0 aromatic carbocycles. The van der Waals surface area contributed by atoms with Gasteiger partial charge in [0.05, 0.1) is 6.61 Å². The summed E-state index contributed by atoms with van der Waals surface area (Å²) in [6.45, 7) is 3.56. The number of rotatable bonds is 12. The molecule has 19 heavy (non-hydrogen) atoms. The van der Waals surface area contributed by atoms with Gasteiger partial charge in [0.25, 0.3) is 0 Å². The fourth-order valence-electron chi connectivity index (χ4n) is 1.81. The van der Waals surface area contributed by atoms with E-state index in [9.17, 15) is 13.6 Å². The lowest BCUT2D eigenvalue weighted by Crippen LogP contribution is -2.08. The molecule has 0 aromatic heterocycles. The largest absolute Gasteiger partial charge is 0.466 e. The summed E-state index contributed by atoms with van der Waals surface area (Å²) in [5, 5.41) is 0. The molecular formula is C15H28F2O2. The van der Waals surface area contributed by atoms with E-state index in [1.165, 1.54) is 0 Å². The summed E-state index contributed by atoms with van der Waals surface area (Å²) in [5.74, 6) is -2.64. The number of carbonyl (C=O) groups excluding carboxylic acids is 1. The van der Waals surface area contributed by atoms with Crippen molar-refractivity contribution in [1.82, 2.24) is 0 Å². The maximum atomic E-state index is 12.5. The van der Waals surface area contributed by atoms with Crippen LogP contribution < -0.4 is 0 Å². The van der Waals surface area contributed by atoms with Gasteiger partial charge in [0.15, 0.2) is 0 Å². The molecule has 0 aromatic rings. The van der Waals surface area contributed by atoms with Gasteiger partial charge in [-0.2, -0.15) is 0 Å². The number of hydrogen-bond acceptors (Lipinski definition) is 2. The molecule has 0 atom stereocenters. The molecule has 0 amide bonds. The van der Waals surface area contributed by atoms with E-state index in [1.807, 2.05) is 0 Å². The van der Waals surface area contributed by atoms with Crippen LogP contribution in [0.3, 0.4) is 0 Å². The van der Waals surface area contributed by atoms with Gasteiger partial charge in [0.1, 0.15) is 0 Å². The average Bonchev–Trinajstić information content (AvgIpc) is 2.31. The van der Waals surface area contributed by atoms with Crippen molar-refractivity contribution in [2.75, 3.05) is 6.61 Å². The molecule has 0 radical (unpaired) electrons. The summed E-state index contributed by atoms with van der Waals surface area (Å²) < 4.78 is 30.1. The Labute approximate surface area is 115 Å². The Balaban J connectivity index is 3.20. The Hall–Kier alpha value is -0.670. The number of carbonyl (C=O) groups is 1. The van der Waals surface area contributed by atoms with E-state index < -0.39 is 5.92 Å². The summed E-state index contributed by atoms with van der Waals surface area (Å²) in [6, 6.07) is 0. The summed E-state index contributed by atoms with van der Waals surface area (Å²) in [7, 11) is 0. The average molecular weight is 278 g/mol. The lowest BCUT2D eigenvalue weighted by atomic mass is 10.1. The van der Waals surface area contributed by atoms with Crippen molar-refractivity contribution in [2.24, 2.45) is 0 Å². The molecule has 0 rings (SSSR count). The van der Waals surface area contributed by atoms with E-state index in [1.54, 1.807) is 0 Å². The number of ether oxygens (including phenoxy) is 1. The molecule has 0 unspecified atom stereocenters. The van der Waals surface area contributed by atoms with Gasteiger partial charge >= 0.3 is 5.97 Å². The molecule has 0 N–H and O–H groups in total. The third-order valence-electron chi connectivity index (χ3n) is 3.01. The summed E-state index contributed by atoms with van der Waals surface area (Å²) in [5.41, 5.74) is 0. The first-order chi connectivity index (χ1) is 8.95. The van der Waals surface area contributed by atoms with Crippen molar-refractivity contribution in [3.63, 3.8) is 0 Å². The Morgan fingerprint density at radius 1 is 1.00 bits per heavy atom. The minimum absolute atomic E-state index is 0.0171. The van der Waals surface area contributed by atoms with Gasteiger partial charge in [-0.25, -0.2) is 8.78 Å². The van der Waals surface area contributed by atoms with Crippen LogP contribution in [0, 0.1) is 0 Å². The zero-order valence-electron chi connectivity index (χ0n) is 12.4. The molecule has 0 heterocycles. The Kier molecular flexibility index (Phi) is 10.8. The molecule has 2 nitrogen and oxygen atoms in total. The van der Waals surface area contributed by atoms with Crippen molar-refractivity contribution in [3.8, 4) is 0 Å². The van der Waals surface area contributed by atoms with Gasteiger partial charge in [-0.05, 0) is 26.2 Å². The van der Waals surface area contributed by atoms with Crippen LogP contribution in [0.5, 0.6) is 0 Å². The Morgan fingerprint density at radius 3 is 2.16 bits per heavy atom. The lowest BCUT2D eigenvalue weighted by Gasteiger charge is -2.09. The zero-order valence-corrected chi connectivity index (χ0v) is 12.4.